The van der Waals surface area contributed by atoms with Gasteiger partial charge in [0.25, 0.3) is 0 Å². The number of hydrogen-bond acceptors (Lipinski definition) is 3. The first-order valence-corrected chi connectivity index (χ1v) is 7.61. The first kappa shape index (κ1) is 14.3. The molecule has 1 unspecified atom stereocenters. The van der Waals surface area contributed by atoms with Crippen molar-refractivity contribution in [2.45, 2.75) is 64.1 Å². The van der Waals surface area contributed by atoms with Crippen molar-refractivity contribution >= 4 is 0 Å². The summed E-state index contributed by atoms with van der Waals surface area (Å²) in [5.74, 6) is 1.24. The first-order chi connectivity index (χ1) is 8.48. The fraction of sp³-hybridized carbons (Fsp3) is 1.00. The van der Waals surface area contributed by atoms with E-state index >= 15 is 0 Å². The van der Waals surface area contributed by atoms with E-state index in [1.165, 1.54) is 12.8 Å². The van der Waals surface area contributed by atoms with Crippen LogP contribution in [0.5, 0.6) is 0 Å². The molecule has 0 aromatic carbocycles. The van der Waals surface area contributed by atoms with E-state index in [1.54, 1.807) is 0 Å². The third-order valence-electron chi connectivity index (χ3n) is 5.04. The van der Waals surface area contributed by atoms with Crippen molar-refractivity contribution in [3.05, 3.63) is 0 Å². The van der Waals surface area contributed by atoms with Crippen molar-refractivity contribution < 1.29 is 10.2 Å². The number of piperidine rings is 1. The SMILES string of the molecule is CC1CCC(O)(CN2CCC(C(C)O)CC2)CC1. The van der Waals surface area contributed by atoms with E-state index in [2.05, 4.69) is 11.8 Å². The first-order valence-electron chi connectivity index (χ1n) is 7.61. The molecule has 1 saturated heterocycles. The average Bonchev–Trinajstić information content (AvgIpc) is 2.34. The maximum absolute atomic E-state index is 10.6. The van der Waals surface area contributed by atoms with Gasteiger partial charge >= 0.3 is 0 Å². The second-order valence-corrected chi connectivity index (χ2v) is 6.76. The minimum atomic E-state index is -0.440. The Morgan fingerprint density at radius 3 is 2.22 bits per heavy atom. The van der Waals surface area contributed by atoms with Crippen LogP contribution in [0.2, 0.25) is 0 Å². The third-order valence-corrected chi connectivity index (χ3v) is 5.04. The van der Waals surface area contributed by atoms with Crippen molar-refractivity contribution in [2.24, 2.45) is 11.8 Å². The number of aliphatic hydroxyl groups excluding tert-OH is 1. The summed E-state index contributed by atoms with van der Waals surface area (Å²) < 4.78 is 0. The maximum atomic E-state index is 10.6. The molecular weight excluding hydrogens is 226 g/mol. The summed E-state index contributed by atoms with van der Waals surface area (Å²) in [6.45, 7) is 7.09. The second-order valence-electron chi connectivity index (χ2n) is 6.76. The van der Waals surface area contributed by atoms with Crippen LogP contribution in [0, 0.1) is 11.8 Å². The molecule has 0 aromatic heterocycles. The molecule has 1 atom stereocenters. The predicted octanol–water partition coefficient (Wildman–Crippen LogP) is 2.02. The lowest BCUT2D eigenvalue weighted by atomic mass is 9.79. The molecule has 1 aliphatic carbocycles. The average molecular weight is 255 g/mol. The van der Waals surface area contributed by atoms with E-state index in [0.717, 1.165) is 51.2 Å². The number of hydrogen-bond donors (Lipinski definition) is 2. The smallest absolute Gasteiger partial charge is 0.0774 e. The van der Waals surface area contributed by atoms with E-state index in [1.807, 2.05) is 6.92 Å². The van der Waals surface area contributed by atoms with Gasteiger partial charge in [-0.2, -0.15) is 0 Å². The zero-order chi connectivity index (χ0) is 13.2. The monoisotopic (exact) mass is 255 g/mol. The van der Waals surface area contributed by atoms with Gasteiger partial charge in [0, 0.05) is 6.54 Å². The van der Waals surface area contributed by atoms with Crippen LogP contribution in [-0.2, 0) is 0 Å². The van der Waals surface area contributed by atoms with Crippen LogP contribution in [-0.4, -0.2) is 46.5 Å². The Labute approximate surface area is 111 Å². The number of rotatable bonds is 3. The van der Waals surface area contributed by atoms with Crippen molar-refractivity contribution in [3.8, 4) is 0 Å². The fourth-order valence-electron chi connectivity index (χ4n) is 3.47. The standard InChI is InChI=1S/C15H29NO2/c1-12-3-7-15(18,8-4-12)11-16-9-5-14(6-10-16)13(2)17/h12-14,17-18H,3-11H2,1-2H3. The summed E-state index contributed by atoms with van der Waals surface area (Å²) >= 11 is 0. The molecule has 106 valence electrons. The van der Waals surface area contributed by atoms with E-state index in [4.69, 9.17) is 0 Å². The highest BCUT2D eigenvalue weighted by atomic mass is 16.3. The van der Waals surface area contributed by atoms with Gasteiger partial charge in [-0.25, -0.2) is 0 Å². The number of nitrogens with zero attached hydrogens (tertiary/aromatic N) is 1. The molecule has 2 aliphatic rings. The van der Waals surface area contributed by atoms with Crippen LogP contribution >= 0.6 is 0 Å². The zero-order valence-corrected chi connectivity index (χ0v) is 11.9. The van der Waals surface area contributed by atoms with Crippen molar-refractivity contribution in [2.75, 3.05) is 19.6 Å². The quantitative estimate of drug-likeness (QED) is 0.811. The molecule has 0 spiro atoms. The van der Waals surface area contributed by atoms with Gasteiger partial charge in [0.15, 0.2) is 0 Å². The van der Waals surface area contributed by atoms with Crippen LogP contribution in [0.4, 0.5) is 0 Å². The largest absolute Gasteiger partial charge is 0.393 e. The molecule has 18 heavy (non-hydrogen) atoms. The third kappa shape index (κ3) is 3.69. The molecule has 0 amide bonds. The lowest BCUT2D eigenvalue weighted by Crippen LogP contribution is -2.48. The number of aliphatic hydroxyl groups is 2. The molecule has 0 aromatic rings. The van der Waals surface area contributed by atoms with Crippen LogP contribution in [0.15, 0.2) is 0 Å². The Balaban J connectivity index is 1.77. The minimum Gasteiger partial charge on any atom is -0.393 e. The highest BCUT2D eigenvalue weighted by molar-refractivity contribution is 4.89. The molecular formula is C15H29NO2. The van der Waals surface area contributed by atoms with Gasteiger partial charge in [0.05, 0.1) is 11.7 Å². The zero-order valence-electron chi connectivity index (χ0n) is 11.9. The molecule has 2 fully saturated rings. The van der Waals surface area contributed by atoms with E-state index in [-0.39, 0.29) is 6.10 Å². The van der Waals surface area contributed by atoms with Gasteiger partial charge in [-0.05, 0) is 70.4 Å². The Hall–Kier alpha value is -0.120. The molecule has 1 saturated carbocycles. The van der Waals surface area contributed by atoms with Crippen molar-refractivity contribution in [1.82, 2.24) is 4.90 Å². The normalized spacial score (nSPS) is 37.7. The summed E-state index contributed by atoms with van der Waals surface area (Å²) in [6.07, 6.45) is 6.23. The van der Waals surface area contributed by atoms with Crippen LogP contribution < -0.4 is 0 Å². The number of likely N-dealkylation sites (tertiary alicyclic amines) is 1. The van der Waals surface area contributed by atoms with Crippen LogP contribution in [0.1, 0.15) is 52.4 Å². The highest BCUT2D eigenvalue weighted by Gasteiger charge is 2.34. The fourth-order valence-corrected chi connectivity index (χ4v) is 3.47. The predicted molar refractivity (Wildman–Crippen MR) is 73.4 cm³/mol. The molecule has 2 N–H and O–H groups in total. The van der Waals surface area contributed by atoms with Gasteiger partial charge in [-0.3, -0.25) is 0 Å². The van der Waals surface area contributed by atoms with Crippen LogP contribution in [0.3, 0.4) is 0 Å². The summed E-state index contributed by atoms with van der Waals surface area (Å²) in [4.78, 5) is 2.40. The van der Waals surface area contributed by atoms with Crippen molar-refractivity contribution in [3.63, 3.8) is 0 Å². The molecule has 0 bridgehead atoms. The minimum absolute atomic E-state index is 0.175. The topological polar surface area (TPSA) is 43.7 Å². The van der Waals surface area contributed by atoms with Gasteiger partial charge in [-0.1, -0.05) is 6.92 Å². The Kier molecular flexibility index (Phi) is 4.68. The summed E-state index contributed by atoms with van der Waals surface area (Å²) in [5, 5.41) is 20.2. The Bertz CT molecular complexity index is 251. The molecule has 0 radical (unpaired) electrons. The second kappa shape index (κ2) is 5.89. The molecule has 3 nitrogen and oxygen atoms in total. The van der Waals surface area contributed by atoms with Crippen LogP contribution in [0.25, 0.3) is 0 Å². The summed E-state index contributed by atoms with van der Waals surface area (Å²) in [7, 11) is 0. The summed E-state index contributed by atoms with van der Waals surface area (Å²) in [5.41, 5.74) is -0.440. The lowest BCUT2D eigenvalue weighted by Gasteiger charge is -2.41. The molecule has 2 rings (SSSR count). The maximum Gasteiger partial charge on any atom is 0.0774 e. The van der Waals surface area contributed by atoms with E-state index < -0.39 is 5.60 Å². The van der Waals surface area contributed by atoms with E-state index in [9.17, 15) is 10.2 Å². The van der Waals surface area contributed by atoms with Gasteiger partial charge < -0.3 is 15.1 Å². The molecule has 1 heterocycles. The number of β-amino-alcohol motifs (C(OH)–C–C–N with tert-alkyl or cyclic N) is 1. The van der Waals surface area contributed by atoms with Crippen molar-refractivity contribution in [1.29, 1.82) is 0 Å². The summed E-state index contributed by atoms with van der Waals surface area (Å²) in [6, 6.07) is 0. The van der Waals surface area contributed by atoms with Gasteiger partial charge in [0.2, 0.25) is 0 Å². The van der Waals surface area contributed by atoms with E-state index in [0.29, 0.717) is 5.92 Å². The van der Waals surface area contributed by atoms with Gasteiger partial charge in [0.1, 0.15) is 0 Å². The molecule has 3 heteroatoms. The van der Waals surface area contributed by atoms with Gasteiger partial charge in [-0.15, -0.1) is 0 Å². The Morgan fingerprint density at radius 1 is 1.17 bits per heavy atom. The Morgan fingerprint density at radius 2 is 1.72 bits per heavy atom. The highest BCUT2D eigenvalue weighted by Crippen LogP contribution is 2.33. The lowest BCUT2D eigenvalue weighted by molar-refractivity contribution is -0.0448. The molecule has 1 aliphatic heterocycles.